The number of aryl methyl sites for hydroxylation is 1. The molecule has 0 bridgehead atoms. The summed E-state index contributed by atoms with van der Waals surface area (Å²) < 4.78 is 10.8. The highest BCUT2D eigenvalue weighted by molar-refractivity contribution is 5.39. The molecule has 0 spiro atoms. The highest BCUT2D eigenvalue weighted by Crippen LogP contribution is 2.26. The second-order valence-electron chi connectivity index (χ2n) is 3.59. The van der Waals surface area contributed by atoms with E-state index in [1.54, 1.807) is 19.5 Å². The van der Waals surface area contributed by atoms with Crippen molar-refractivity contribution in [1.29, 1.82) is 0 Å². The third-order valence-corrected chi connectivity index (χ3v) is 2.28. The van der Waals surface area contributed by atoms with Crippen molar-refractivity contribution in [3.05, 3.63) is 48.0 Å². The van der Waals surface area contributed by atoms with Gasteiger partial charge in [-0.25, -0.2) is 0 Å². The molecule has 4 heteroatoms. The lowest BCUT2D eigenvalue weighted by Gasteiger charge is -2.09. The topological polar surface area (TPSA) is 44.2 Å². The molecule has 0 unspecified atom stereocenters. The van der Waals surface area contributed by atoms with Crippen molar-refractivity contribution in [1.82, 2.24) is 9.97 Å². The molecule has 0 amide bonds. The van der Waals surface area contributed by atoms with E-state index in [1.807, 2.05) is 31.2 Å². The summed E-state index contributed by atoms with van der Waals surface area (Å²) in [5, 5.41) is 0. The predicted octanol–water partition coefficient (Wildman–Crippen LogP) is 2.37. The Balaban J connectivity index is 2.04. The van der Waals surface area contributed by atoms with Gasteiger partial charge in [0.2, 0.25) is 0 Å². The third-order valence-electron chi connectivity index (χ3n) is 2.28. The van der Waals surface area contributed by atoms with Gasteiger partial charge in [0.25, 0.3) is 0 Å². The monoisotopic (exact) mass is 230 g/mol. The third kappa shape index (κ3) is 2.93. The van der Waals surface area contributed by atoms with E-state index in [2.05, 4.69) is 9.97 Å². The summed E-state index contributed by atoms with van der Waals surface area (Å²) in [4.78, 5) is 8.38. The summed E-state index contributed by atoms with van der Waals surface area (Å²) >= 11 is 0. The second kappa shape index (κ2) is 5.30. The van der Waals surface area contributed by atoms with Crippen molar-refractivity contribution >= 4 is 0 Å². The smallest absolute Gasteiger partial charge is 0.161 e. The van der Waals surface area contributed by atoms with Crippen molar-refractivity contribution in [2.24, 2.45) is 0 Å². The fraction of sp³-hybridized carbons (Fsp3) is 0.231. The zero-order valence-electron chi connectivity index (χ0n) is 9.88. The van der Waals surface area contributed by atoms with Crippen molar-refractivity contribution in [3.63, 3.8) is 0 Å². The first-order valence-corrected chi connectivity index (χ1v) is 5.33. The van der Waals surface area contributed by atoms with Crippen LogP contribution in [0.4, 0.5) is 0 Å². The van der Waals surface area contributed by atoms with Crippen LogP contribution < -0.4 is 9.47 Å². The number of hydrogen-bond donors (Lipinski definition) is 0. The Morgan fingerprint density at radius 1 is 1.06 bits per heavy atom. The summed E-state index contributed by atoms with van der Waals surface area (Å²) in [6, 6.07) is 7.52. The van der Waals surface area contributed by atoms with Crippen LogP contribution >= 0.6 is 0 Å². The average molecular weight is 230 g/mol. The molecular formula is C13H14N2O2. The van der Waals surface area contributed by atoms with E-state index in [1.165, 1.54) is 0 Å². The Bertz CT molecular complexity index is 483. The van der Waals surface area contributed by atoms with Gasteiger partial charge in [-0.1, -0.05) is 12.1 Å². The van der Waals surface area contributed by atoms with E-state index >= 15 is 0 Å². The fourth-order valence-electron chi connectivity index (χ4n) is 1.38. The average Bonchev–Trinajstić information content (AvgIpc) is 2.38. The summed E-state index contributed by atoms with van der Waals surface area (Å²) in [6.45, 7) is 2.28. The SMILES string of the molecule is COc1ccccc1OCc1cnc(C)cn1. The number of methoxy groups -OCH3 is 1. The maximum absolute atomic E-state index is 5.63. The zero-order chi connectivity index (χ0) is 12.1. The van der Waals surface area contributed by atoms with Crippen LogP contribution in [0, 0.1) is 6.92 Å². The first-order valence-electron chi connectivity index (χ1n) is 5.33. The highest BCUT2D eigenvalue weighted by Gasteiger charge is 2.03. The molecule has 0 aliphatic heterocycles. The number of nitrogens with zero attached hydrogens (tertiary/aromatic N) is 2. The van der Waals surface area contributed by atoms with E-state index in [0.717, 1.165) is 11.4 Å². The lowest BCUT2D eigenvalue weighted by atomic mass is 10.3. The molecule has 4 nitrogen and oxygen atoms in total. The Morgan fingerprint density at radius 2 is 1.82 bits per heavy atom. The van der Waals surface area contributed by atoms with Crippen molar-refractivity contribution < 1.29 is 9.47 Å². The van der Waals surface area contributed by atoms with Crippen LogP contribution in [0.2, 0.25) is 0 Å². The lowest BCUT2D eigenvalue weighted by molar-refractivity contribution is 0.280. The molecule has 0 N–H and O–H groups in total. The summed E-state index contributed by atoms with van der Waals surface area (Å²) in [6.07, 6.45) is 3.44. The molecule has 1 aromatic heterocycles. The highest BCUT2D eigenvalue weighted by atomic mass is 16.5. The molecule has 1 aromatic carbocycles. The Morgan fingerprint density at radius 3 is 2.47 bits per heavy atom. The minimum absolute atomic E-state index is 0.383. The molecule has 2 rings (SSSR count). The standard InChI is InChI=1S/C13H14N2O2/c1-10-7-15-11(8-14-10)9-17-13-6-4-3-5-12(13)16-2/h3-8H,9H2,1-2H3. The molecule has 0 saturated carbocycles. The Labute approximate surface area is 100 Å². The van der Waals surface area contributed by atoms with Crippen molar-refractivity contribution in [2.45, 2.75) is 13.5 Å². The summed E-state index contributed by atoms with van der Waals surface area (Å²) in [5.41, 5.74) is 1.69. The van der Waals surface area contributed by atoms with E-state index in [0.29, 0.717) is 18.1 Å². The van der Waals surface area contributed by atoms with Crippen LogP contribution in [0.5, 0.6) is 11.5 Å². The van der Waals surface area contributed by atoms with E-state index < -0.39 is 0 Å². The number of aromatic nitrogens is 2. The van der Waals surface area contributed by atoms with Gasteiger partial charge in [-0.3, -0.25) is 9.97 Å². The van der Waals surface area contributed by atoms with Gasteiger partial charge in [0, 0.05) is 6.20 Å². The summed E-state index contributed by atoms with van der Waals surface area (Å²) in [5.74, 6) is 1.42. The molecule has 0 atom stereocenters. The first kappa shape index (κ1) is 11.4. The van der Waals surface area contributed by atoms with Gasteiger partial charge in [0.15, 0.2) is 11.5 Å². The number of benzene rings is 1. The van der Waals surface area contributed by atoms with Crippen molar-refractivity contribution in [3.8, 4) is 11.5 Å². The molecule has 2 aromatic rings. The first-order chi connectivity index (χ1) is 8.29. The molecule has 0 aliphatic carbocycles. The molecule has 0 radical (unpaired) electrons. The Kier molecular flexibility index (Phi) is 3.55. The maximum Gasteiger partial charge on any atom is 0.161 e. The normalized spacial score (nSPS) is 10.0. The van der Waals surface area contributed by atoms with Gasteiger partial charge in [0.1, 0.15) is 6.61 Å². The largest absolute Gasteiger partial charge is 0.493 e. The summed E-state index contributed by atoms with van der Waals surface area (Å²) in [7, 11) is 1.62. The molecule has 0 saturated heterocycles. The van der Waals surface area contributed by atoms with Crippen LogP contribution in [0.25, 0.3) is 0 Å². The van der Waals surface area contributed by atoms with E-state index in [9.17, 15) is 0 Å². The van der Waals surface area contributed by atoms with Crippen LogP contribution in [0.3, 0.4) is 0 Å². The van der Waals surface area contributed by atoms with Gasteiger partial charge >= 0.3 is 0 Å². The number of rotatable bonds is 4. The van der Waals surface area contributed by atoms with Gasteiger partial charge in [-0.05, 0) is 19.1 Å². The molecule has 0 fully saturated rings. The zero-order valence-corrected chi connectivity index (χ0v) is 9.88. The second-order valence-corrected chi connectivity index (χ2v) is 3.59. The molecule has 0 aliphatic rings. The van der Waals surface area contributed by atoms with Crippen LogP contribution in [-0.2, 0) is 6.61 Å². The maximum atomic E-state index is 5.63. The Hall–Kier alpha value is -2.10. The van der Waals surface area contributed by atoms with Gasteiger partial charge < -0.3 is 9.47 Å². The fourth-order valence-corrected chi connectivity index (χ4v) is 1.38. The van der Waals surface area contributed by atoms with Crippen LogP contribution in [-0.4, -0.2) is 17.1 Å². The van der Waals surface area contributed by atoms with Gasteiger partial charge in [-0.2, -0.15) is 0 Å². The van der Waals surface area contributed by atoms with E-state index in [-0.39, 0.29) is 0 Å². The van der Waals surface area contributed by atoms with Gasteiger partial charge in [-0.15, -0.1) is 0 Å². The van der Waals surface area contributed by atoms with Crippen LogP contribution in [0.15, 0.2) is 36.7 Å². The molecule has 17 heavy (non-hydrogen) atoms. The molecular weight excluding hydrogens is 216 g/mol. The van der Waals surface area contributed by atoms with E-state index in [4.69, 9.17) is 9.47 Å². The number of ether oxygens (including phenoxy) is 2. The minimum Gasteiger partial charge on any atom is -0.493 e. The van der Waals surface area contributed by atoms with Gasteiger partial charge in [0.05, 0.1) is 24.7 Å². The predicted molar refractivity (Wildman–Crippen MR) is 64.1 cm³/mol. The van der Waals surface area contributed by atoms with Crippen LogP contribution in [0.1, 0.15) is 11.4 Å². The minimum atomic E-state index is 0.383. The van der Waals surface area contributed by atoms with Crippen molar-refractivity contribution in [2.75, 3.05) is 7.11 Å². The molecule has 88 valence electrons. The number of hydrogen-bond acceptors (Lipinski definition) is 4. The quantitative estimate of drug-likeness (QED) is 0.808. The molecule has 1 heterocycles. The lowest BCUT2D eigenvalue weighted by Crippen LogP contribution is -2.00. The number of para-hydroxylation sites is 2.